The Hall–Kier alpha value is -1.07. The molecule has 0 radical (unpaired) electrons. The first-order valence-corrected chi connectivity index (χ1v) is 6.62. The molecule has 1 fully saturated rings. The van der Waals surface area contributed by atoms with Crippen LogP contribution in [0.5, 0.6) is 0 Å². The molecular formula is C12H19ClN4O. The normalized spacial score (nSPS) is 19.9. The molecule has 0 spiro atoms. The van der Waals surface area contributed by atoms with Gasteiger partial charge in [0.1, 0.15) is 0 Å². The minimum absolute atomic E-state index is 0.0911. The number of carbonyl (C=O) groups excluding carboxylic acids is 1. The van der Waals surface area contributed by atoms with Crippen molar-refractivity contribution in [3.05, 3.63) is 16.4 Å². The van der Waals surface area contributed by atoms with Crippen LogP contribution in [0.4, 0.5) is 0 Å². The third-order valence-corrected chi connectivity index (χ3v) is 3.89. The minimum Gasteiger partial charge on any atom is -0.344 e. The monoisotopic (exact) mass is 270 g/mol. The molecule has 0 bridgehead atoms. The maximum Gasteiger partial charge on any atom is 0.239 e. The lowest BCUT2D eigenvalue weighted by molar-refractivity contribution is -0.128. The predicted molar refractivity (Wildman–Crippen MR) is 70.5 cm³/mol. The Morgan fingerprint density at radius 1 is 1.56 bits per heavy atom. The van der Waals surface area contributed by atoms with E-state index in [0.717, 1.165) is 30.9 Å². The highest BCUT2D eigenvalue weighted by atomic mass is 35.5. The van der Waals surface area contributed by atoms with Crippen LogP contribution in [-0.4, -0.2) is 40.2 Å². The van der Waals surface area contributed by atoms with Crippen molar-refractivity contribution in [3.8, 4) is 0 Å². The number of carbonyl (C=O) groups is 1. The number of aromatic nitrogens is 2. The molecule has 18 heavy (non-hydrogen) atoms. The molecule has 1 aromatic rings. The molecule has 1 aliphatic rings. The van der Waals surface area contributed by atoms with Crippen LogP contribution in [0.2, 0.25) is 5.02 Å². The minimum atomic E-state index is -0.0911. The van der Waals surface area contributed by atoms with E-state index in [2.05, 4.69) is 10.4 Å². The van der Waals surface area contributed by atoms with E-state index in [0.29, 0.717) is 11.6 Å². The van der Waals surface area contributed by atoms with Crippen molar-refractivity contribution in [1.29, 1.82) is 0 Å². The molecule has 6 heteroatoms. The molecule has 0 saturated carbocycles. The molecule has 5 nitrogen and oxygen atoms in total. The van der Waals surface area contributed by atoms with E-state index in [1.807, 2.05) is 25.6 Å². The summed E-state index contributed by atoms with van der Waals surface area (Å²) in [5.41, 5.74) is 1.80. The Balaban J connectivity index is 2.04. The smallest absolute Gasteiger partial charge is 0.239 e. The van der Waals surface area contributed by atoms with Crippen molar-refractivity contribution < 1.29 is 4.79 Å². The molecule has 1 aliphatic heterocycles. The number of hydrogen-bond donors (Lipinski definition) is 1. The zero-order valence-electron chi connectivity index (χ0n) is 11.0. The summed E-state index contributed by atoms with van der Waals surface area (Å²) in [7, 11) is 1.83. The van der Waals surface area contributed by atoms with E-state index in [-0.39, 0.29) is 11.9 Å². The average Bonchev–Trinajstić information content (AvgIpc) is 2.81. The number of aryl methyl sites for hydroxylation is 2. The summed E-state index contributed by atoms with van der Waals surface area (Å²) in [6, 6.07) is -0.0911. The maximum atomic E-state index is 11.8. The van der Waals surface area contributed by atoms with Crippen LogP contribution < -0.4 is 5.32 Å². The van der Waals surface area contributed by atoms with Gasteiger partial charge in [0, 0.05) is 26.7 Å². The van der Waals surface area contributed by atoms with E-state index >= 15 is 0 Å². The lowest BCUT2D eigenvalue weighted by Crippen LogP contribution is -2.36. The van der Waals surface area contributed by atoms with E-state index in [1.54, 1.807) is 4.90 Å². The summed E-state index contributed by atoms with van der Waals surface area (Å²) in [6.45, 7) is 6.10. The molecule has 2 heterocycles. The Morgan fingerprint density at radius 3 is 2.83 bits per heavy atom. The van der Waals surface area contributed by atoms with Gasteiger partial charge < -0.3 is 10.2 Å². The second-order valence-corrected chi connectivity index (χ2v) is 5.02. The molecule has 1 atom stereocenters. The van der Waals surface area contributed by atoms with Gasteiger partial charge in [0.25, 0.3) is 0 Å². The molecule has 1 N–H and O–H groups in total. The first-order chi connectivity index (χ1) is 8.54. The standard InChI is InChI=1S/C12H19ClN4O/c1-4-17-10(11(13)8(2)15-17)7-14-9-5-6-16(3)12(9)18/h9,14H,4-7H2,1-3H3. The van der Waals surface area contributed by atoms with Gasteiger partial charge in [0.15, 0.2) is 0 Å². The van der Waals surface area contributed by atoms with Gasteiger partial charge in [-0.2, -0.15) is 5.10 Å². The molecule has 1 amide bonds. The number of likely N-dealkylation sites (N-methyl/N-ethyl adjacent to an activating group) is 1. The van der Waals surface area contributed by atoms with Crippen LogP contribution in [0.3, 0.4) is 0 Å². The van der Waals surface area contributed by atoms with Crippen LogP contribution in [0.1, 0.15) is 24.7 Å². The number of nitrogens with one attached hydrogen (secondary N) is 1. The van der Waals surface area contributed by atoms with E-state index in [1.165, 1.54) is 0 Å². The van der Waals surface area contributed by atoms with Crippen LogP contribution >= 0.6 is 11.6 Å². The van der Waals surface area contributed by atoms with Gasteiger partial charge >= 0.3 is 0 Å². The van der Waals surface area contributed by atoms with E-state index in [4.69, 9.17) is 11.6 Å². The quantitative estimate of drug-likeness (QED) is 0.894. The predicted octanol–water partition coefficient (Wildman–Crippen LogP) is 1.19. The van der Waals surface area contributed by atoms with Crippen molar-refractivity contribution in [3.63, 3.8) is 0 Å². The van der Waals surface area contributed by atoms with Crippen molar-refractivity contribution >= 4 is 17.5 Å². The molecule has 1 aromatic heterocycles. The number of amides is 1. The third kappa shape index (κ3) is 2.37. The third-order valence-electron chi connectivity index (χ3n) is 3.40. The molecule has 1 unspecified atom stereocenters. The van der Waals surface area contributed by atoms with Gasteiger partial charge in [-0.3, -0.25) is 9.48 Å². The lowest BCUT2D eigenvalue weighted by atomic mass is 10.2. The second-order valence-electron chi connectivity index (χ2n) is 4.64. The highest BCUT2D eigenvalue weighted by molar-refractivity contribution is 6.31. The van der Waals surface area contributed by atoms with Gasteiger partial charge in [-0.25, -0.2) is 0 Å². The summed E-state index contributed by atoms with van der Waals surface area (Å²) in [4.78, 5) is 13.5. The zero-order valence-corrected chi connectivity index (χ0v) is 11.8. The Kier molecular flexibility index (Phi) is 3.92. The van der Waals surface area contributed by atoms with Gasteiger partial charge in [0.05, 0.1) is 22.5 Å². The van der Waals surface area contributed by atoms with Crippen LogP contribution in [-0.2, 0) is 17.9 Å². The summed E-state index contributed by atoms with van der Waals surface area (Å²) < 4.78 is 1.88. The Bertz CT molecular complexity index is 457. The highest BCUT2D eigenvalue weighted by Crippen LogP contribution is 2.20. The number of halogens is 1. The molecule has 2 rings (SSSR count). The van der Waals surface area contributed by atoms with E-state index in [9.17, 15) is 4.79 Å². The van der Waals surface area contributed by atoms with Gasteiger partial charge in [-0.15, -0.1) is 0 Å². The molecule has 0 aliphatic carbocycles. The zero-order chi connectivity index (χ0) is 13.3. The number of nitrogens with zero attached hydrogens (tertiary/aromatic N) is 3. The number of hydrogen-bond acceptors (Lipinski definition) is 3. The van der Waals surface area contributed by atoms with Crippen molar-refractivity contribution in [1.82, 2.24) is 20.0 Å². The van der Waals surface area contributed by atoms with Crippen molar-refractivity contribution in [2.45, 2.75) is 39.4 Å². The van der Waals surface area contributed by atoms with Crippen LogP contribution in [0.25, 0.3) is 0 Å². The molecular weight excluding hydrogens is 252 g/mol. The summed E-state index contributed by atoms with van der Waals surface area (Å²) in [5.74, 6) is 0.158. The first kappa shape index (κ1) is 13.4. The number of likely N-dealkylation sites (tertiary alicyclic amines) is 1. The molecule has 100 valence electrons. The average molecular weight is 271 g/mol. The SMILES string of the molecule is CCn1nc(C)c(Cl)c1CNC1CCN(C)C1=O. The molecule has 1 saturated heterocycles. The fourth-order valence-corrected chi connectivity index (χ4v) is 2.47. The summed E-state index contributed by atoms with van der Waals surface area (Å²) in [5, 5.41) is 8.33. The summed E-state index contributed by atoms with van der Waals surface area (Å²) in [6.07, 6.45) is 0.853. The molecule has 0 aromatic carbocycles. The fraction of sp³-hybridized carbons (Fsp3) is 0.667. The van der Waals surface area contributed by atoms with Crippen LogP contribution in [0, 0.1) is 6.92 Å². The van der Waals surface area contributed by atoms with Gasteiger partial charge in [0.2, 0.25) is 5.91 Å². The van der Waals surface area contributed by atoms with Gasteiger partial charge in [-0.1, -0.05) is 11.6 Å². The van der Waals surface area contributed by atoms with Crippen LogP contribution in [0.15, 0.2) is 0 Å². The lowest BCUT2D eigenvalue weighted by Gasteiger charge is -2.13. The van der Waals surface area contributed by atoms with Gasteiger partial charge in [-0.05, 0) is 20.3 Å². The van der Waals surface area contributed by atoms with Crippen molar-refractivity contribution in [2.75, 3.05) is 13.6 Å². The Morgan fingerprint density at radius 2 is 2.28 bits per heavy atom. The highest BCUT2D eigenvalue weighted by Gasteiger charge is 2.28. The van der Waals surface area contributed by atoms with E-state index < -0.39 is 0 Å². The first-order valence-electron chi connectivity index (χ1n) is 6.24. The largest absolute Gasteiger partial charge is 0.344 e. The number of rotatable bonds is 4. The Labute approximate surface area is 112 Å². The fourth-order valence-electron chi connectivity index (χ4n) is 2.27. The summed E-state index contributed by atoms with van der Waals surface area (Å²) >= 11 is 6.22. The second kappa shape index (κ2) is 5.28. The topological polar surface area (TPSA) is 50.2 Å². The van der Waals surface area contributed by atoms with Crippen molar-refractivity contribution in [2.24, 2.45) is 0 Å². The maximum absolute atomic E-state index is 11.8.